The summed E-state index contributed by atoms with van der Waals surface area (Å²) in [5, 5.41) is 27.2. The van der Waals surface area contributed by atoms with E-state index in [4.69, 9.17) is 11.6 Å². The van der Waals surface area contributed by atoms with Crippen molar-refractivity contribution in [1.29, 1.82) is 0 Å². The summed E-state index contributed by atoms with van der Waals surface area (Å²) in [6.45, 7) is 3.45. The average molecular weight is 845 g/mol. The van der Waals surface area contributed by atoms with Gasteiger partial charge in [0.1, 0.15) is 23.0 Å². The molecule has 2 saturated heterocycles. The van der Waals surface area contributed by atoms with E-state index in [1.165, 1.54) is 47.2 Å². The number of allylic oxidation sites excluding steroid dienone is 2. The fourth-order valence-electron chi connectivity index (χ4n) is 9.79. The number of aromatic hydroxyl groups is 1. The summed E-state index contributed by atoms with van der Waals surface area (Å²) < 4.78 is 47.2. The zero-order valence-corrected chi connectivity index (χ0v) is 32.9. The summed E-state index contributed by atoms with van der Waals surface area (Å²) in [6.07, 6.45) is -3.53. The van der Waals surface area contributed by atoms with Gasteiger partial charge < -0.3 is 14.9 Å². The number of benzene rings is 3. The molecule has 6 unspecified atom stereocenters. The third-order valence-electron chi connectivity index (χ3n) is 12.4. The third kappa shape index (κ3) is 5.78. The zero-order chi connectivity index (χ0) is 42.0. The number of hydrogen-bond acceptors (Lipinski definition) is 9. The summed E-state index contributed by atoms with van der Waals surface area (Å²) in [7, 11) is 1.58. The fraction of sp³-hybridized carbons (Fsp3) is 0.286. The van der Waals surface area contributed by atoms with Gasteiger partial charge in [0.15, 0.2) is 0 Å². The molecule has 0 spiro atoms. The Labute approximate surface area is 342 Å². The molecule has 5 aromatic rings. The number of hydrogen-bond donors (Lipinski definition) is 2. The molecule has 4 aliphatic rings. The van der Waals surface area contributed by atoms with Crippen molar-refractivity contribution in [2.75, 3.05) is 9.80 Å². The number of aryl methyl sites for hydroxylation is 2. The van der Waals surface area contributed by atoms with Crippen LogP contribution in [0, 0.1) is 36.0 Å². The van der Waals surface area contributed by atoms with E-state index in [1.54, 1.807) is 25.3 Å². The normalized spacial score (nSPS) is 25.3. The first-order chi connectivity index (χ1) is 27.9. The Kier molecular flexibility index (Phi) is 8.66. The highest BCUT2D eigenvalue weighted by atomic mass is 35.5. The molecule has 3 aromatic carbocycles. The summed E-state index contributed by atoms with van der Waals surface area (Å²) >= 11 is 7.74. The van der Waals surface area contributed by atoms with Gasteiger partial charge in [-0.1, -0.05) is 29.3 Å². The second-order valence-corrected chi connectivity index (χ2v) is 17.0. The molecule has 9 rings (SSSR count). The smallest absolute Gasteiger partial charge is 0.508 e. The van der Waals surface area contributed by atoms with E-state index in [0.717, 1.165) is 48.5 Å². The topological polar surface area (TPSA) is 159 Å². The number of phenols is 1. The molecule has 1 saturated carbocycles. The molecule has 0 radical (unpaired) electrons. The van der Waals surface area contributed by atoms with Gasteiger partial charge in [-0.3, -0.25) is 28.8 Å². The van der Waals surface area contributed by atoms with E-state index < -0.39 is 82.5 Å². The minimum atomic E-state index is -5.10. The summed E-state index contributed by atoms with van der Waals surface area (Å²) in [4.78, 5) is 73.0. The van der Waals surface area contributed by atoms with E-state index in [1.807, 2.05) is 19.1 Å². The van der Waals surface area contributed by atoms with Gasteiger partial charge in [-0.2, -0.15) is 5.10 Å². The quantitative estimate of drug-likeness (QED) is 0.128. The van der Waals surface area contributed by atoms with Crippen LogP contribution in [0.1, 0.15) is 47.2 Å². The van der Waals surface area contributed by atoms with E-state index in [-0.39, 0.29) is 35.5 Å². The number of carbonyl (C=O) groups is 5. The molecule has 12 nitrogen and oxygen atoms in total. The van der Waals surface area contributed by atoms with Crippen LogP contribution in [-0.4, -0.2) is 56.0 Å². The Hall–Kier alpha value is -6.00. The number of rotatable bonds is 6. The molecular formula is C42H32ClF3N4O8S. The molecule has 4 heterocycles. The van der Waals surface area contributed by atoms with Gasteiger partial charge in [-0.15, -0.1) is 24.5 Å². The monoisotopic (exact) mass is 844 g/mol. The van der Waals surface area contributed by atoms with Gasteiger partial charge in [-0.25, -0.2) is 9.69 Å². The van der Waals surface area contributed by atoms with Crippen LogP contribution in [0.25, 0.3) is 20.7 Å². The maximum atomic E-state index is 15.1. The van der Waals surface area contributed by atoms with Crippen LogP contribution in [0.15, 0.2) is 78.4 Å². The number of carbonyl (C=O) groups excluding carboxylic acids is 4. The standard InChI is InChI=1S/C42H32ClF3N4O8S/c1-18-25-14-20(43)7-12-31(25)59-35(18)29-17-32(48(3)47-29)50-37(53)28-16-26-23(34(41(28,2)40(50)57)27-15-22(8-11-30(27)51)58-42(44,45)46)9-10-24-33(26)38(54)49(36(24)52)21-6-4-5-19(13-21)39(55)56/h4-9,11-15,17,24,26,28,33-34,51H,10,16H2,1-3H3,(H,55,56). The van der Waals surface area contributed by atoms with E-state index in [2.05, 4.69) is 9.84 Å². The first-order valence-electron chi connectivity index (χ1n) is 18.5. The maximum Gasteiger partial charge on any atom is 0.573 e. The van der Waals surface area contributed by atoms with Crippen molar-refractivity contribution >= 4 is 74.1 Å². The highest BCUT2D eigenvalue weighted by molar-refractivity contribution is 7.22. The zero-order valence-electron chi connectivity index (χ0n) is 31.3. The number of anilines is 2. The number of phenolic OH excluding ortho intramolecular Hbond substituents is 1. The molecule has 302 valence electrons. The Morgan fingerprint density at radius 3 is 2.47 bits per heavy atom. The first-order valence-corrected chi connectivity index (χ1v) is 19.7. The summed E-state index contributed by atoms with van der Waals surface area (Å²) in [6, 6.07) is 15.4. The van der Waals surface area contributed by atoms with Crippen molar-refractivity contribution in [2.24, 2.45) is 36.1 Å². The number of imide groups is 2. The molecule has 2 aliphatic carbocycles. The number of amides is 4. The number of aromatic nitrogens is 2. The fourth-order valence-corrected chi connectivity index (χ4v) is 11.1. The van der Waals surface area contributed by atoms with Crippen molar-refractivity contribution < 1.29 is 52.1 Å². The second kappa shape index (κ2) is 13.3. The van der Waals surface area contributed by atoms with Crippen molar-refractivity contribution in [2.45, 2.75) is 39.0 Å². The summed E-state index contributed by atoms with van der Waals surface area (Å²) in [5.74, 6) is -10.2. The Morgan fingerprint density at radius 1 is 0.983 bits per heavy atom. The Morgan fingerprint density at radius 2 is 1.75 bits per heavy atom. The van der Waals surface area contributed by atoms with Gasteiger partial charge in [0.2, 0.25) is 23.6 Å². The lowest BCUT2D eigenvalue weighted by Gasteiger charge is -2.49. The second-order valence-electron chi connectivity index (χ2n) is 15.5. The molecule has 2 aliphatic heterocycles. The summed E-state index contributed by atoms with van der Waals surface area (Å²) in [5.41, 5.74) is -0.197. The molecule has 6 atom stereocenters. The highest BCUT2D eigenvalue weighted by Gasteiger charge is 2.68. The van der Waals surface area contributed by atoms with Crippen molar-refractivity contribution in [3.63, 3.8) is 0 Å². The predicted octanol–water partition coefficient (Wildman–Crippen LogP) is 8.00. The molecule has 59 heavy (non-hydrogen) atoms. The van der Waals surface area contributed by atoms with E-state index in [0.29, 0.717) is 16.3 Å². The number of thiophene rings is 1. The van der Waals surface area contributed by atoms with Crippen molar-refractivity contribution in [3.8, 4) is 22.1 Å². The average Bonchev–Trinajstić information content (AvgIpc) is 3.85. The number of halogens is 4. The molecule has 2 aromatic heterocycles. The van der Waals surface area contributed by atoms with Gasteiger partial charge in [-0.05, 0) is 98.2 Å². The van der Waals surface area contributed by atoms with Crippen LogP contribution in [-0.2, 0) is 26.2 Å². The number of alkyl halides is 3. The van der Waals surface area contributed by atoms with Crippen molar-refractivity contribution in [1.82, 2.24) is 9.78 Å². The van der Waals surface area contributed by atoms with Crippen LogP contribution in [0.3, 0.4) is 0 Å². The van der Waals surface area contributed by atoms with Crippen LogP contribution in [0.2, 0.25) is 5.02 Å². The third-order valence-corrected chi connectivity index (χ3v) is 13.9. The molecule has 4 amide bonds. The Balaban J connectivity index is 1.17. The number of nitrogens with zero attached hydrogens (tertiary/aromatic N) is 4. The number of carboxylic acid groups (broad SMARTS) is 1. The number of carboxylic acids is 1. The van der Waals surface area contributed by atoms with Crippen molar-refractivity contribution in [3.05, 3.63) is 100 Å². The SMILES string of the molecule is Cc1c(-c2cc(N3C(=O)C4CC5C(=CCC6C(=O)N(c7cccc(C(=O)O)c7)C(=O)C65)C(c5cc(OC(F)(F)F)ccc5O)C4(C)C3=O)n(C)n2)sc2ccc(Cl)cc12. The molecule has 0 bridgehead atoms. The number of ether oxygens (including phenoxy) is 1. The molecule has 17 heteroatoms. The lowest BCUT2D eigenvalue weighted by Crippen LogP contribution is -2.49. The van der Waals surface area contributed by atoms with Gasteiger partial charge in [0.05, 0.1) is 39.3 Å². The van der Waals surface area contributed by atoms with Crippen LogP contribution in [0.5, 0.6) is 11.5 Å². The highest BCUT2D eigenvalue weighted by Crippen LogP contribution is 2.65. The minimum absolute atomic E-state index is 0.0103. The van der Waals surface area contributed by atoms with E-state index >= 15 is 4.79 Å². The Bertz CT molecular complexity index is 2740. The number of fused-ring (bicyclic) bond motifs is 5. The largest absolute Gasteiger partial charge is 0.573 e. The van der Waals surface area contributed by atoms with Crippen LogP contribution in [0.4, 0.5) is 24.7 Å². The van der Waals surface area contributed by atoms with Crippen LogP contribution < -0.4 is 14.5 Å². The van der Waals surface area contributed by atoms with Gasteiger partial charge >= 0.3 is 12.3 Å². The minimum Gasteiger partial charge on any atom is -0.508 e. The molecular weight excluding hydrogens is 813 g/mol. The van der Waals surface area contributed by atoms with Gasteiger partial charge in [0.25, 0.3) is 0 Å². The number of aromatic carboxylic acids is 1. The lowest BCUT2D eigenvalue weighted by atomic mass is 9.51. The van der Waals surface area contributed by atoms with Gasteiger partial charge in [0, 0.05) is 34.3 Å². The lowest BCUT2D eigenvalue weighted by molar-refractivity contribution is -0.274. The molecule has 3 fully saturated rings. The van der Waals surface area contributed by atoms with E-state index in [9.17, 15) is 42.6 Å². The predicted molar refractivity (Wildman–Crippen MR) is 209 cm³/mol. The first kappa shape index (κ1) is 38.5. The molecule has 2 N–H and O–H groups in total. The van der Waals surface area contributed by atoms with Crippen LogP contribution >= 0.6 is 22.9 Å². The maximum absolute atomic E-state index is 15.1.